The Labute approximate surface area is 172 Å². The number of para-hydroxylation sites is 1. The van der Waals surface area contributed by atoms with Gasteiger partial charge < -0.3 is 19.9 Å². The van der Waals surface area contributed by atoms with E-state index >= 15 is 4.39 Å². The maximum absolute atomic E-state index is 15.6. The molecular weight excluding hydrogens is 387 g/mol. The first-order valence-electron chi connectivity index (χ1n) is 10.2. The summed E-state index contributed by atoms with van der Waals surface area (Å²) in [6.07, 6.45) is 3.42. The fourth-order valence-electron chi connectivity index (χ4n) is 3.73. The Morgan fingerprint density at radius 3 is 3.00 bits per heavy atom. The van der Waals surface area contributed by atoms with Crippen LogP contribution < -0.4 is 15.4 Å². The summed E-state index contributed by atoms with van der Waals surface area (Å²) in [4.78, 5) is 4.49. The molecule has 2 N–H and O–H groups in total. The van der Waals surface area contributed by atoms with Crippen LogP contribution in [0.3, 0.4) is 0 Å². The molecule has 9 heteroatoms. The first kappa shape index (κ1) is 18.8. The third kappa shape index (κ3) is 3.24. The summed E-state index contributed by atoms with van der Waals surface area (Å²) >= 11 is 0. The number of nitrogens with one attached hydrogen (secondary N) is 2. The number of aromatic nitrogens is 4. The highest BCUT2D eigenvalue weighted by molar-refractivity contribution is 5.89. The topological polar surface area (TPSA) is 89.5 Å². The van der Waals surface area contributed by atoms with Gasteiger partial charge in [0, 0.05) is 12.1 Å². The molecule has 5 rings (SSSR count). The lowest BCUT2D eigenvalue weighted by molar-refractivity contribution is 0.153. The minimum Gasteiger partial charge on any atom is -0.471 e. The Morgan fingerprint density at radius 1 is 1.33 bits per heavy atom. The summed E-state index contributed by atoms with van der Waals surface area (Å²) in [5.74, 6) is 0.0476. The predicted octanol–water partition coefficient (Wildman–Crippen LogP) is 4.01. The molecule has 1 fully saturated rings. The summed E-state index contributed by atoms with van der Waals surface area (Å²) in [6.45, 7) is 5.71. The molecule has 0 amide bonds. The number of ether oxygens (including phenoxy) is 1. The van der Waals surface area contributed by atoms with Gasteiger partial charge in [-0.05, 0) is 37.4 Å². The Hall–Kier alpha value is -3.20. The smallest absolute Gasteiger partial charge is 0.256 e. The third-order valence-corrected chi connectivity index (χ3v) is 5.35. The van der Waals surface area contributed by atoms with Crippen LogP contribution in [0.2, 0.25) is 0 Å². The van der Waals surface area contributed by atoms with E-state index in [9.17, 15) is 0 Å². The van der Waals surface area contributed by atoms with E-state index in [4.69, 9.17) is 9.26 Å². The van der Waals surface area contributed by atoms with E-state index < -0.39 is 5.82 Å². The molecule has 1 saturated heterocycles. The molecule has 1 aliphatic heterocycles. The zero-order valence-electron chi connectivity index (χ0n) is 16.9. The van der Waals surface area contributed by atoms with Crippen molar-refractivity contribution in [1.29, 1.82) is 0 Å². The van der Waals surface area contributed by atoms with Gasteiger partial charge in [0.2, 0.25) is 5.82 Å². The quantitative estimate of drug-likeness (QED) is 0.514. The van der Waals surface area contributed by atoms with Gasteiger partial charge >= 0.3 is 0 Å². The molecule has 0 bridgehead atoms. The van der Waals surface area contributed by atoms with Crippen LogP contribution in [0.15, 0.2) is 35.0 Å². The van der Waals surface area contributed by atoms with Crippen molar-refractivity contribution in [2.75, 3.05) is 18.4 Å². The molecule has 1 aromatic carbocycles. The molecule has 3 aromatic heterocycles. The summed E-state index contributed by atoms with van der Waals surface area (Å²) < 4.78 is 28.3. The molecule has 1 atom stereocenters. The fraction of sp³-hybridized carbons (Fsp3) is 0.381. The maximum Gasteiger partial charge on any atom is 0.256 e. The van der Waals surface area contributed by atoms with Gasteiger partial charge in [0.15, 0.2) is 22.9 Å². The highest BCUT2D eigenvalue weighted by Crippen LogP contribution is 2.33. The third-order valence-electron chi connectivity index (χ3n) is 5.35. The van der Waals surface area contributed by atoms with Crippen LogP contribution in [0.4, 0.5) is 16.0 Å². The second-order valence-electron chi connectivity index (χ2n) is 7.81. The van der Waals surface area contributed by atoms with Crippen molar-refractivity contribution in [2.24, 2.45) is 0 Å². The molecule has 0 saturated carbocycles. The normalized spacial score (nSPS) is 17.1. The number of benzene rings is 1. The number of anilines is 2. The molecule has 0 spiro atoms. The number of hydrogen-bond acceptors (Lipinski definition) is 7. The van der Waals surface area contributed by atoms with E-state index in [0.29, 0.717) is 23.6 Å². The number of piperidine rings is 1. The molecule has 30 heavy (non-hydrogen) atoms. The van der Waals surface area contributed by atoms with Crippen molar-refractivity contribution in [3.63, 3.8) is 0 Å². The zero-order valence-corrected chi connectivity index (χ0v) is 16.9. The van der Waals surface area contributed by atoms with E-state index in [0.717, 1.165) is 30.3 Å². The van der Waals surface area contributed by atoms with Crippen LogP contribution in [0, 0.1) is 5.82 Å². The first-order valence-corrected chi connectivity index (χ1v) is 10.2. The molecule has 8 nitrogen and oxygen atoms in total. The van der Waals surface area contributed by atoms with Crippen LogP contribution in [-0.2, 0) is 0 Å². The summed E-state index contributed by atoms with van der Waals surface area (Å²) in [6, 6.07) is 7.40. The standard InChI is InChI=1S/C21H23FN6O2/c1-12(2)15-11-24-28-19(15)26-21(29-13-6-5-9-23-10-13)17(22)20(28)25-18-14-7-3-4-8-16(14)30-27-18/h3-4,7-8,11-13,23H,5-6,9-10H2,1-2H3,(H,25,27)/t13-/m0/s1. The van der Waals surface area contributed by atoms with Gasteiger partial charge in [0.1, 0.15) is 6.10 Å². The lowest BCUT2D eigenvalue weighted by Crippen LogP contribution is -2.37. The summed E-state index contributed by atoms with van der Waals surface area (Å²) in [7, 11) is 0. The second-order valence-corrected chi connectivity index (χ2v) is 7.81. The average molecular weight is 410 g/mol. The van der Waals surface area contributed by atoms with E-state index in [1.165, 1.54) is 4.52 Å². The molecule has 4 aromatic rings. The Morgan fingerprint density at radius 2 is 2.20 bits per heavy atom. The Bertz CT molecular complexity index is 1200. The lowest BCUT2D eigenvalue weighted by atomic mass is 10.1. The minimum absolute atomic E-state index is 0.0334. The van der Waals surface area contributed by atoms with Gasteiger partial charge in [-0.3, -0.25) is 0 Å². The minimum atomic E-state index is -0.612. The highest BCUT2D eigenvalue weighted by Gasteiger charge is 2.25. The number of nitrogens with zero attached hydrogens (tertiary/aromatic N) is 4. The van der Waals surface area contributed by atoms with Crippen LogP contribution >= 0.6 is 0 Å². The van der Waals surface area contributed by atoms with E-state index in [1.807, 2.05) is 32.0 Å². The number of fused-ring (bicyclic) bond motifs is 2. The summed E-state index contributed by atoms with van der Waals surface area (Å²) in [5, 5.41) is 15.5. The van der Waals surface area contributed by atoms with Crippen molar-refractivity contribution >= 4 is 28.3 Å². The molecular formula is C21H23FN6O2. The van der Waals surface area contributed by atoms with Crippen LogP contribution in [0.1, 0.15) is 38.2 Å². The Balaban J connectivity index is 1.62. The molecule has 0 radical (unpaired) electrons. The van der Waals surface area contributed by atoms with Gasteiger partial charge in [-0.1, -0.05) is 31.1 Å². The van der Waals surface area contributed by atoms with Crippen LogP contribution in [0.5, 0.6) is 5.88 Å². The van der Waals surface area contributed by atoms with Crippen molar-refractivity contribution in [3.05, 3.63) is 41.8 Å². The van der Waals surface area contributed by atoms with Gasteiger partial charge in [0.05, 0.1) is 11.6 Å². The number of halogens is 1. The van der Waals surface area contributed by atoms with E-state index in [1.54, 1.807) is 12.3 Å². The van der Waals surface area contributed by atoms with Crippen molar-refractivity contribution in [3.8, 4) is 5.88 Å². The molecule has 156 valence electrons. The average Bonchev–Trinajstić information content (AvgIpc) is 3.36. The summed E-state index contributed by atoms with van der Waals surface area (Å²) in [5.41, 5.74) is 2.08. The first-order chi connectivity index (χ1) is 14.6. The maximum atomic E-state index is 15.6. The fourth-order valence-corrected chi connectivity index (χ4v) is 3.73. The monoisotopic (exact) mass is 410 g/mol. The molecule has 4 heterocycles. The van der Waals surface area contributed by atoms with Crippen LogP contribution in [0.25, 0.3) is 16.6 Å². The predicted molar refractivity (Wildman–Crippen MR) is 111 cm³/mol. The van der Waals surface area contributed by atoms with Gasteiger partial charge in [-0.25, -0.2) is 0 Å². The van der Waals surface area contributed by atoms with E-state index in [-0.39, 0.29) is 23.7 Å². The SMILES string of the molecule is CC(C)c1cnn2c(Nc3noc4ccccc34)c(F)c(O[C@H]3CCCNC3)nc12. The van der Waals surface area contributed by atoms with Gasteiger partial charge in [0.25, 0.3) is 5.88 Å². The van der Waals surface area contributed by atoms with Gasteiger partial charge in [-0.2, -0.15) is 19.0 Å². The van der Waals surface area contributed by atoms with E-state index in [2.05, 4.69) is 25.9 Å². The van der Waals surface area contributed by atoms with Crippen molar-refractivity contribution < 1.29 is 13.7 Å². The van der Waals surface area contributed by atoms with Crippen LogP contribution in [-0.4, -0.2) is 38.9 Å². The van der Waals surface area contributed by atoms with Gasteiger partial charge in [-0.15, -0.1) is 0 Å². The molecule has 1 aliphatic rings. The molecule has 0 unspecified atom stereocenters. The number of rotatable bonds is 5. The largest absolute Gasteiger partial charge is 0.471 e. The Kier molecular flexibility index (Phi) is 4.74. The highest BCUT2D eigenvalue weighted by atomic mass is 19.1. The number of hydrogen-bond donors (Lipinski definition) is 2. The van der Waals surface area contributed by atoms with Crippen molar-refractivity contribution in [2.45, 2.75) is 38.7 Å². The molecule has 0 aliphatic carbocycles. The van der Waals surface area contributed by atoms with Crippen molar-refractivity contribution in [1.82, 2.24) is 25.1 Å². The lowest BCUT2D eigenvalue weighted by Gasteiger charge is -2.24. The second kappa shape index (κ2) is 7.56. The zero-order chi connectivity index (χ0) is 20.7.